The van der Waals surface area contributed by atoms with Gasteiger partial charge in [-0.2, -0.15) is 0 Å². The number of aromatic nitrogens is 1. The van der Waals surface area contributed by atoms with Crippen molar-refractivity contribution in [3.8, 4) is 0 Å². The molecule has 0 aliphatic carbocycles. The van der Waals surface area contributed by atoms with Crippen molar-refractivity contribution in [2.24, 2.45) is 0 Å². The highest BCUT2D eigenvalue weighted by Crippen LogP contribution is 2.22. The molecular formula is C16H12N2O4. The summed E-state index contributed by atoms with van der Waals surface area (Å²) in [6.45, 7) is 1.14. The molecule has 22 heavy (non-hydrogen) atoms. The zero-order valence-corrected chi connectivity index (χ0v) is 11.5. The van der Waals surface area contributed by atoms with E-state index in [9.17, 15) is 9.59 Å². The molecule has 4 rings (SSSR count). The minimum Gasteiger partial charge on any atom is -0.408 e. The van der Waals surface area contributed by atoms with Gasteiger partial charge in [0.05, 0.1) is 18.7 Å². The van der Waals surface area contributed by atoms with Gasteiger partial charge in [0.25, 0.3) is 5.91 Å². The highest BCUT2D eigenvalue weighted by Gasteiger charge is 2.14. The molecule has 2 N–H and O–H groups in total. The lowest BCUT2D eigenvalue weighted by Gasteiger charge is -2.06. The summed E-state index contributed by atoms with van der Waals surface area (Å²) in [5.74, 6) is -0.725. The van der Waals surface area contributed by atoms with E-state index in [1.165, 1.54) is 0 Å². The van der Waals surface area contributed by atoms with Gasteiger partial charge in [0, 0.05) is 11.3 Å². The number of H-pyrrole nitrogens is 1. The summed E-state index contributed by atoms with van der Waals surface area (Å²) in [7, 11) is 0. The third kappa shape index (κ3) is 2.19. The maximum Gasteiger partial charge on any atom is 0.417 e. The lowest BCUT2D eigenvalue weighted by atomic mass is 10.1. The molecule has 0 fully saturated rings. The van der Waals surface area contributed by atoms with Crippen molar-refractivity contribution in [2.75, 3.05) is 5.32 Å². The smallest absolute Gasteiger partial charge is 0.408 e. The van der Waals surface area contributed by atoms with E-state index in [1.807, 2.05) is 12.1 Å². The van der Waals surface area contributed by atoms with E-state index in [0.717, 1.165) is 11.1 Å². The van der Waals surface area contributed by atoms with Crippen LogP contribution in [0.15, 0.2) is 45.6 Å². The lowest BCUT2D eigenvalue weighted by Crippen LogP contribution is -2.12. The standard InChI is InChI=1S/C16H12N2O4/c19-15(9-1-2-10-7-21-8-11(10)5-9)17-12-3-4-14-13(6-12)18-16(20)22-14/h1-6H,7-8H2,(H,17,19)(H,18,20). The van der Waals surface area contributed by atoms with Crippen LogP contribution in [0.3, 0.4) is 0 Å². The average molecular weight is 296 g/mol. The van der Waals surface area contributed by atoms with Crippen LogP contribution in [0.1, 0.15) is 21.5 Å². The normalized spacial score (nSPS) is 13.3. The number of amides is 1. The molecule has 0 spiro atoms. The van der Waals surface area contributed by atoms with Crippen LogP contribution < -0.4 is 11.1 Å². The van der Waals surface area contributed by atoms with Crippen molar-refractivity contribution in [1.82, 2.24) is 4.98 Å². The van der Waals surface area contributed by atoms with Crippen molar-refractivity contribution in [3.63, 3.8) is 0 Å². The van der Waals surface area contributed by atoms with Crippen LogP contribution in [0.5, 0.6) is 0 Å². The zero-order chi connectivity index (χ0) is 15.1. The number of fused-ring (bicyclic) bond motifs is 2. The molecule has 0 saturated carbocycles. The Bertz CT molecular complexity index is 939. The molecular weight excluding hydrogens is 284 g/mol. The number of oxazole rings is 1. The summed E-state index contributed by atoms with van der Waals surface area (Å²) in [5.41, 5.74) is 4.33. The van der Waals surface area contributed by atoms with Gasteiger partial charge in [0.15, 0.2) is 5.58 Å². The summed E-state index contributed by atoms with van der Waals surface area (Å²) in [5, 5.41) is 2.81. The van der Waals surface area contributed by atoms with Gasteiger partial charge >= 0.3 is 5.76 Å². The Morgan fingerprint density at radius 2 is 1.95 bits per heavy atom. The summed E-state index contributed by atoms with van der Waals surface area (Å²) >= 11 is 0. The predicted molar refractivity (Wildman–Crippen MR) is 79.7 cm³/mol. The van der Waals surface area contributed by atoms with Gasteiger partial charge in [0.2, 0.25) is 0 Å². The molecule has 0 bridgehead atoms. The summed E-state index contributed by atoms with van der Waals surface area (Å²) < 4.78 is 10.3. The maximum absolute atomic E-state index is 12.3. The van der Waals surface area contributed by atoms with Gasteiger partial charge in [-0.05, 0) is 41.5 Å². The number of rotatable bonds is 2. The first-order chi connectivity index (χ1) is 10.7. The molecule has 1 aliphatic rings. The van der Waals surface area contributed by atoms with E-state index < -0.39 is 5.76 Å². The van der Waals surface area contributed by atoms with Crippen LogP contribution in [0.4, 0.5) is 5.69 Å². The van der Waals surface area contributed by atoms with Crippen LogP contribution in [0, 0.1) is 0 Å². The first-order valence-electron chi connectivity index (χ1n) is 6.83. The molecule has 1 amide bonds. The number of ether oxygens (including phenoxy) is 1. The van der Waals surface area contributed by atoms with Crippen LogP contribution in [0.25, 0.3) is 11.1 Å². The Morgan fingerprint density at radius 1 is 1.09 bits per heavy atom. The Labute approximate surface area is 124 Å². The number of carbonyl (C=O) groups excluding carboxylic acids is 1. The molecule has 6 nitrogen and oxygen atoms in total. The van der Waals surface area contributed by atoms with Crippen LogP contribution in [-0.4, -0.2) is 10.9 Å². The largest absolute Gasteiger partial charge is 0.417 e. The molecule has 0 unspecified atom stereocenters. The van der Waals surface area contributed by atoms with Gasteiger partial charge in [-0.25, -0.2) is 4.79 Å². The minimum absolute atomic E-state index is 0.208. The fourth-order valence-corrected chi connectivity index (χ4v) is 2.55. The first-order valence-corrected chi connectivity index (χ1v) is 6.83. The SMILES string of the molecule is O=C(Nc1ccc2oc(=O)[nH]c2c1)c1ccc2c(c1)COC2. The van der Waals surface area contributed by atoms with Gasteiger partial charge < -0.3 is 14.5 Å². The third-order valence-corrected chi connectivity index (χ3v) is 3.66. The molecule has 2 aromatic carbocycles. The molecule has 0 atom stereocenters. The van der Waals surface area contributed by atoms with E-state index >= 15 is 0 Å². The highest BCUT2D eigenvalue weighted by atomic mass is 16.5. The fraction of sp³-hybridized carbons (Fsp3) is 0.125. The molecule has 6 heteroatoms. The van der Waals surface area contributed by atoms with Gasteiger partial charge in [-0.3, -0.25) is 9.78 Å². The number of anilines is 1. The van der Waals surface area contributed by atoms with E-state index in [4.69, 9.17) is 9.15 Å². The molecule has 1 aromatic heterocycles. The average Bonchev–Trinajstić information content (AvgIpc) is 3.10. The van der Waals surface area contributed by atoms with Gasteiger partial charge in [-0.1, -0.05) is 6.07 Å². The van der Waals surface area contributed by atoms with Crippen LogP contribution >= 0.6 is 0 Å². The first kappa shape index (κ1) is 12.8. The Hall–Kier alpha value is -2.86. The molecule has 0 saturated heterocycles. The highest BCUT2D eigenvalue weighted by molar-refractivity contribution is 6.05. The zero-order valence-electron chi connectivity index (χ0n) is 11.5. The Kier molecular flexibility index (Phi) is 2.83. The third-order valence-electron chi connectivity index (χ3n) is 3.66. The van der Waals surface area contributed by atoms with Crippen molar-refractivity contribution in [2.45, 2.75) is 13.2 Å². The molecule has 110 valence electrons. The van der Waals surface area contributed by atoms with Crippen LogP contribution in [0.2, 0.25) is 0 Å². The maximum atomic E-state index is 12.3. The number of carbonyl (C=O) groups is 1. The predicted octanol–water partition coefficient (Wildman–Crippen LogP) is 2.40. The van der Waals surface area contributed by atoms with Crippen molar-refractivity contribution in [3.05, 3.63) is 63.6 Å². The van der Waals surface area contributed by atoms with Crippen molar-refractivity contribution >= 4 is 22.7 Å². The van der Waals surface area contributed by atoms with E-state index in [2.05, 4.69) is 10.3 Å². The minimum atomic E-state index is -0.517. The number of hydrogen-bond donors (Lipinski definition) is 2. The summed E-state index contributed by atoms with van der Waals surface area (Å²) in [6.07, 6.45) is 0. The molecule has 0 radical (unpaired) electrons. The van der Waals surface area contributed by atoms with Crippen molar-refractivity contribution < 1.29 is 13.9 Å². The quantitative estimate of drug-likeness (QED) is 0.760. The Balaban J connectivity index is 1.61. The monoisotopic (exact) mass is 296 g/mol. The van der Waals surface area contributed by atoms with E-state index in [0.29, 0.717) is 35.6 Å². The van der Waals surface area contributed by atoms with Crippen LogP contribution in [-0.2, 0) is 18.0 Å². The van der Waals surface area contributed by atoms with Gasteiger partial charge in [0.1, 0.15) is 0 Å². The lowest BCUT2D eigenvalue weighted by molar-refractivity contribution is 0.102. The number of nitrogens with one attached hydrogen (secondary N) is 2. The number of aromatic amines is 1. The van der Waals surface area contributed by atoms with Crippen molar-refractivity contribution in [1.29, 1.82) is 0 Å². The van der Waals surface area contributed by atoms with E-state index in [-0.39, 0.29) is 5.91 Å². The second kappa shape index (κ2) is 4.85. The second-order valence-electron chi connectivity index (χ2n) is 5.16. The topological polar surface area (TPSA) is 84.3 Å². The fourth-order valence-electron chi connectivity index (χ4n) is 2.55. The summed E-state index contributed by atoms with van der Waals surface area (Å²) in [6, 6.07) is 10.5. The number of benzene rings is 2. The number of hydrogen-bond acceptors (Lipinski definition) is 4. The molecule has 1 aliphatic heterocycles. The Morgan fingerprint density at radius 3 is 2.86 bits per heavy atom. The molecule has 2 heterocycles. The van der Waals surface area contributed by atoms with E-state index in [1.54, 1.807) is 24.3 Å². The summed E-state index contributed by atoms with van der Waals surface area (Å²) in [4.78, 5) is 26.0. The molecule has 3 aromatic rings. The second-order valence-corrected chi connectivity index (χ2v) is 5.16. The van der Waals surface area contributed by atoms with Gasteiger partial charge in [-0.15, -0.1) is 0 Å².